The topological polar surface area (TPSA) is 91.7 Å². The van der Waals surface area contributed by atoms with Crippen molar-refractivity contribution in [1.29, 1.82) is 0 Å². The van der Waals surface area contributed by atoms with Crippen LogP contribution in [-0.2, 0) is 4.74 Å². The number of hydrogen-bond acceptors (Lipinski definition) is 6. The molecule has 2 heterocycles. The minimum absolute atomic E-state index is 0.426. The lowest BCUT2D eigenvalue weighted by Gasteiger charge is -2.30. The highest BCUT2D eigenvalue weighted by atomic mass is 16.6. The summed E-state index contributed by atoms with van der Waals surface area (Å²) in [5.41, 5.74) is 11.1. The molecule has 0 aromatic carbocycles. The number of nitrogens with one attached hydrogen (secondary N) is 3. The first-order valence-electron chi connectivity index (χ1n) is 7.17. The van der Waals surface area contributed by atoms with Crippen molar-refractivity contribution < 1.29 is 9.53 Å². The van der Waals surface area contributed by atoms with Gasteiger partial charge < -0.3 is 21.1 Å². The van der Waals surface area contributed by atoms with Crippen molar-refractivity contribution in [3.05, 3.63) is 47.7 Å². The summed E-state index contributed by atoms with van der Waals surface area (Å²) < 4.78 is 5.17. The molecule has 0 atom stereocenters. The van der Waals surface area contributed by atoms with E-state index >= 15 is 0 Å². The van der Waals surface area contributed by atoms with Crippen molar-refractivity contribution in [2.45, 2.75) is 26.4 Å². The average Bonchev–Trinajstić information content (AvgIpc) is 2.41. The van der Waals surface area contributed by atoms with Gasteiger partial charge in [0.15, 0.2) is 0 Å². The second-order valence-electron chi connectivity index (χ2n) is 5.95. The first-order valence-corrected chi connectivity index (χ1v) is 7.17. The van der Waals surface area contributed by atoms with Gasteiger partial charge in [-0.2, -0.15) is 0 Å². The van der Waals surface area contributed by atoms with Gasteiger partial charge in [-0.15, -0.1) is 0 Å². The normalized spacial score (nSPS) is 16.9. The fourth-order valence-corrected chi connectivity index (χ4v) is 1.98. The fraction of sp³-hybridized carbons (Fsp3) is 0.400. The van der Waals surface area contributed by atoms with Gasteiger partial charge >= 0.3 is 6.09 Å². The van der Waals surface area contributed by atoms with E-state index in [1.54, 1.807) is 6.20 Å². The molecule has 7 heteroatoms. The molecule has 0 saturated heterocycles. The molecule has 2 rings (SSSR count). The van der Waals surface area contributed by atoms with Gasteiger partial charge in [0.05, 0.1) is 17.1 Å². The van der Waals surface area contributed by atoms with Gasteiger partial charge in [0.1, 0.15) is 5.60 Å². The maximum Gasteiger partial charge on any atom is 0.407 e. The number of carbonyl (C=O) groups excluding carboxylic acids is 1. The van der Waals surface area contributed by atoms with Crippen LogP contribution < -0.4 is 21.8 Å². The standard InChI is InChI=1S/C15H23N5O2/c1-15(2,3)22-14(21)18-7-8-19-20-10-11(16)9-12-13(20)5-4-6-17-12/h4-6,9-10,17,19H,7-8,16H2,1-3H3,(H,18,21). The van der Waals surface area contributed by atoms with E-state index in [2.05, 4.69) is 16.1 Å². The number of ether oxygens (including phenoxy) is 1. The highest BCUT2D eigenvalue weighted by molar-refractivity contribution is 5.67. The smallest absolute Gasteiger partial charge is 0.407 e. The number of dihydropyridines is 1. The predicted molar refractivity (Wildman–Crippen MR) is 84.8 cm³/mol. The molecule has 5 N–H and O–H groups in total. The van der Waals surface area contributed by atoms with Crippen LogP contribution in [-0.4, -0.2) is 29.8 Å². The molecule has 2 aliphatic rings. The minimum atomic E-state index is -0.494. The van der Waals surface area contributed by atoms with Crippen LogP contribution in [0.15, 0.2) is 47.7 Å². The highest BCUT2D eigenvalue weighted by Crippen LogP contribution is 2.20. The molecule has 120 valence electrons. The summed E-state index contributed by atoms with van der Waals surface area (Å²) in [6, 6.07) is 0. The number of hydrogen-bond donors (Lipinski definition) is 4. The zero-order valence-electron chi connectivity index (χ0n) is 13.1. The number of allylic oxidation sites excluding steroid dienone is 3. The third-order valence-corrected chi connectivity index (χ3v) is 2.79. The van der Waals surface area contributed by atoms with E-state index in [4.69, 9.17) is 10.5 Å². The number of rotatable bonds is 4. The molecule has 0 saturated carbocycles. The summed E-state index contributed by atoms with van der Waals surface area (Å²) in [5, 5.41) is 7.66. The molecule has 0 fully saturated rings. The number of carbonyl (C=O) groups is 1. The first kappa shape index (κ1) is 16.0. The van der Waals surface area contributed by atoms with Crippen LogP contribution in [0, 0.1) is 0 Å². The van der Waals surface area contributed by atoms with Crippen LogP contribution in [0.5, 0.6) is 0 Å². The molecule has 0 aromatic rings. The number of hydrazine groups is 1. The van der Waals surface area contributed by atoms with Crippen LogP contribution in [0.3, 0.4) is 0 Å². The lowest BCUT2D eigenvalue weighted by molar-refractivity contribution is 0.0526. The molecule has 22 heavy (non-hydrogen) atoms. The molecule has 7 nitrogen and oxygen atoms in total. The number of amides is 1. The Morgan fingerprint density at radius 1 is 1.41 bits per heavy atom. The van der Waals surface area contributed by atoms with Gasteiger partial charge in [-0.05, 0) is 39.0 Å². The lowest BCUT2D eigenvalue weighted by atomic mass is 10.1. The summed E-state index contributed by atoms with van der Waals surface area (Å²) in [4.78, 5) is 11.5. The Morgan fingerprint density at radius 2 is 2.18 bits per heavy atom. The van der Waals surface area contributed by atoms with Crippen molar-refractivity contribution >= 4 is 6.09 Å². The van der Waals surface area contributed by atoms with E-state index in [0.29, 0.717) is 18.8 Å². The van der Waals surface area contributed by atoms with E-state index in [9.17, 15) is 4.79 Å². The predicted octanol–water partition coefficient (Wildman–Crippen LogP) is 1.02. The van der Waals surface area contributed by atoms with Crippen LogP contribution in [0.4, 0.5) is 4.79 Å². The number of fused-ring (bicyclic) bond motifs is 1. The monoisotopic (exact) mass is 305 g/mol. The van der Waals surface area contributed by atoms with Crippen molar-refractivity contribution in [2.24, 2.45) is 5.73 Å². The molecular formula is C15H23N5O2. The van der Waals surface area contributed by atoms with E-state index in [1.165, 1.54) is 0 Å². The third kappa shape index (κ3) is 4.56. The molecule has 2 aliphatic heterocycles. The Balaban J connectivity index is 1.80. The third-order valence-electron chi connectivity index (χ3n) is 2.79. The molecular weight excluding hydrogens is 282 g/mol. The summed E-state index contributed by atoms with van der Waals surface area (Å²) in [7, 11) is 0. The van der Waals surface area contributed by atoms with Gasteiger partial charge in [-0.3, -0.25) is 5.01 Å². The second kappa shape index (κ2) is 6.57. The first-order chi connectivity index (χ1) is 10.3. The highest BCUT2D eigenvalue weighted by Gasteiger charge is 2.18. The number of nitrogens with zero attached hydrogens (tertiary/aromatic N) is 1. The Labute approximate surface area is 130 Å². The summed E-state index contributed by atoms with van der Waals surface area (Å²) in [5.74, 6) is 0. The molecule has 0 spiro atoms. The van der Waals surface area contributed by atoms with E-state index in [0.717, 1.165) is 11.4 Å². The number of alkyl carbamates (subject to hydrolysis) is 1. The molecule has 0 aromatic heterocycles. The van der Waals surface area contributed by atoms with Crippen LogP contribution >= 0.6 is 0 Å². The Bertz CT molecular complexity index is 555. The molecule has 0 bridgehead atoms. The SMILES string of the molecule is CC(C)(C)OC(=O)NCCNN1C=C(N)C=C2NC=CC=C21. The zero-order valence-corrected chi connectivity index (χ0v) is 13.1. The van der Waals surface area contributed by atoms with E-state index in [1.807, 2.05) is 50.2 Å². The van der Waals surface area contributed by atoms with Crippen molar-refractivity contribution in [1.82, 2.24) is 21.1 Å². The van der Waals surface area contributed by atoms with Gasteiger partial charge in [-0.1, -0.05) is 0 Å². The maximum absolute atomic E-state index is 11.5. The Morgan fingerprint density at radius 3 is 2.91 bits per heavy atom. The summed E-state index contributed by atoms with van der Waals surface area (Å²) in [6.07, 6.45) is 8.96. The van der Waals surface area contributed by atoms with Gasteiger partial charge in [0, 0.05) is 25.5 Å². The van der Waals surface area contributed by atoms with Crippen LogP contribution in [0.1, 0.15) is 20.8 Å². The summed E-state index contributed by atoms with van der Waals surface area (Å²) >= 11 is 0. The van der Waals surface area contributed by atoms with Crippen molar-refractivity contribution in [2.75, 3.05) is 13.1 Å². The average molecular weight is 305 g/mol. The maximum atomic E-state index is 11.5. The molecule has 0 radical (unpaired) electrons. The summed E-state index contributed by atoms with van der Waals surface area (Å²) in [6.45, 7) is 6.47. The quantitative estimate of drug-likeness (QED) is 0.580. The fourth-order valence-electron chi connectivity index (χ4n) is 1.98. The molecule has 1 amide bonds. The van der Waals surface area contributed by atoms with Crippen molar-refractivity contribution in [3.63, 3.8) is 0 Å². The largest absolute Gasteiger partial charge is 0.444 e. The van der Waals surface area contributed by atoms with Gasteiger partial charge in [-0.25, -0.2) is 10.2 Å². The minimum Gasteiger partial charge on any atom is -0.444 e. The van der Waals surface area contributed by atoms with Gasteiger partial charge in [0.2, 0.25) is 0 Å². The van der Waals surface area contributed by atoms with Gasteiger partial charge in [0.25, 0.3) is 0 Å². The Kier molecular flexibility index (Phi) is 4.77. The van der Waals surface area contributed by atoms with Crippen molar-refractivity contribution in [3.8, 4) is 0 Å². The second-order valence-corrected chi connectivity index (χ2v) is 5.95. The van der Waals surface area contributed by atoms with Crippen LogP contribution in [0.2, 0.25) is 0 Å². The van der Waals surface area contributed by atoms with E-state index in [-0.39, 0.29) is 0 Å². The van der Waals surface area contributed by atoms with Crippen LogP contribution in [0.25, 0.3) is 0 Å². The Hall–Kier alpha value is -2.41. The zero-order chi connectivity index (χ0) is 16.2. The lowest BCUT2D eigenvalue weighted by Crippen LogP contribution is -2.43. The number of nitrogens with two attached hydrogens (primary N) is 1. The molecule has 0 unspecified atom stereocenters. The van der Waals surface area contributed by atoms with E-state index < -0.39 is 11.7 Å². The molecule has 0 aliphatic carbocycles.